The summed E-state index contributed by atoms with van der Waals surface area (Å²) >= 11 is 0. The second kappa shape index (κ2) is 5.94. The summed E-state index contributed by atoms with van der Waals surface area (Å²) in [5, 5.41) is 6.11. The molecular formula is C20H17N3O2. The molecule has 0 unspecified atom stereocenters. The lowest BCUT2D eigenvalue weighted by molar-refractivity contribution is 0.0929. The van der Waals surface area contributed by atoms with Crippen LogP contribution >= 0.6 is 0 Å². The van der Waals surface area contributed by atoms with Crippen LogP contribution in [-0.2, 0) is 0 Å². The standard InChI is InChI=1S/C20H17N3O2/c1-12-14-7-4-6-10-18(14)25-19(12)20(24)23-21-11-16-13(2)22-17-9-5-3-8-15(16)17/h3-11,22H,1-2H3,(H,23,24)/b21-11+. The van der Waals surface area contributed by atoms with E-state index in [2.05, 4.69) is 15.5 Å². The second-order valence-corrected chi connectivity index (χ2v) is 5.96. The first-order valence-electron chi connectivity index (χ1n) is 8.04. The van der Waals surface area contributed by atoms with Crippen molar-refractivity contribution < 1.29 is 9.21 Å². The number of amides is 1. The van der Waals surface area contributed by atoms with Crippen LogP contribution in [0.1, 0.15) is 27.4 Å². The maximum Gasteiger partial charge on any atom is 0.307 e. The molecule has 0 spiro atoms. The van der Waals surface area contributed by atoms with Gasteiger partial charge in [-0.1, -0.05) is 36.4 Å². The van der Waals surface area contributed by atoms with Gasteiger partial charge in [0.05, 0.1) is 6.21 Å². The van der Waals surface area contributed by atoms with Gasteiger partial charge in [0.15, 0.2) is 5.76 Å². The largest absolute Gasteiger partial charge is 0.451 e. The second-order valence-electron chi connectivity index (χ2n) is 5.96. The van der Waals surface area contributed by atoms with E-state index in [0.29, 0.717) is 5.58 Å². The van der Waals surface area contributed by atoms with E-state index in [9.17, 15) is 4.79 Å². The van der Waals surface area contributed by atoms with Crippen molar-refractivity contribution in [1.82, 2.24) is 10.4 Å². The lowest BCUT2D eigenvalue weighted by Crippen LogP contribution is -2.17. The van der Waals surface area contributed by atoms with E-state index in [-0.39, 0.29) is 11.7 Å². The van der Waals surface area contributed by atoms with Crippen molar-refractivity contribution in [1.29, 1.82) is 0 Å². The van der Waals surface area contributed by atoms with Crippen LogP contribution in [0.5, 0.6) is 0 Å². The highest BCUT2D eigenvalue weighted by atomic mass is 16.3. The van der Waals surface area contributed by atoms with Crippen molar-refractivity contribution in [2.75, 3.05) is 0 Å². The smallest absolute Gasteiger partial charge is 0.307 e. The number of aromatic amines is 1. The molecule has 124 valence electrons. The van der Waals surface area contributed by atoms with Gasteiger partial charge in [0.1, 0.15) is 5.58 Å². The summed E-state index contributed by atoms with van der Waals surface area (Å²) in [7, 11) is 0. The number of hydrazone groups is 1. The average Bonchev–Trinajstić information content (AvgIpc) is 3.13. The molecule has 2 aromatic heterocycles. The van der Waals surface area contributed by atoms with Gasteiger partial charge in [0.2, 0.25) is 0 Å². The number of fused-ring (bicyclic) bond motifs is 2. The highest BCUT2D eigenvalue weighted by Gasteiger charge is 2.16. The predicted molar refractivity (Wildman–Crippen MR) is 99.0 cm³/mol. The number of carbonyl (C=O) groups is 1. The van der Waals surface area contributed by atoms with Crippen LogP contribution in [0, 0.1) is 13.8 Å². The minimum Gasteiger partial charge on any atom is -0.451 e. The number of carbonyl (C=O) groups excluding carboxylic acids is 1. The molecule has 25 heavy (non-hydrogen) atoms. The molecular weight excluding hydrogens is 314 g/mol. The fraction of sp³-hybridized carbons (Fsp3) is 0.100. The third-order valence-electron chi connectivity index (χ3n) is 4.35. The Morgan fingerprint density at radius 2 is 1.80 bits per heavy atom. The minimum absolute atomic E-state index is 0.286. The number of furan rings is 1. The molecule has 0 radical (unpaired) electrons. The number of nitrogens with one attached hydrogen (secondary N) is 2. The molecule has 0 saturated heterocycles. The van der Waals surface area contributed by atoms with E-state index in [1.807, 2.05) is 62.4 Å². The fourth-order valence-electron chi connectivity index (χ4n) is 3.06. The Bertz CT molecular complexity index is 1120. The maximum absolute atomic E-state index is 12.4. The lowest BCUT2D eigenvalue weighted by atomic mass is 10.1. The van der Waals surface area contributed by atoms with E-state index >= 15 is 0 Å². The molecule has 0 bridgehead atoms. The molecule has 4 rings (SSSR count). The summed E-state index contributed by atoms with van der Waals surface area (Å²) in [6.45, 7) is 3.85. The molecule has 5 heteroatoms. The van der Waals surface area contributed by atoms with Crippen LogP contribution in [0.25, 0.3) is 21.9 Å². The molecule has 2 N–H and O–H groups in total. The zero-order valence-electron chi connectivity index (χ0n) is 14.0. The summed E-state index contributed by atoms with van der Waals surface area (Å²) in [6, 6.07) is 15.6. The quantitative estimate of drug-likeness (QED) is 0.434. The van der Waals surface area contributed by atoms with Gasteiger partial charge in [-0.05, 0) is 26.0 Å². The highest BCUT2D eigenvalue weighted by Crippen LogP contribution is 2.24. The lowest BCUT2D eigenvalue weighted by Gasteiger charge is -1.97. The van der Waals surface area contributed by atoms with Crippen molar-refractivity contribution in [2.24, 2.45) is 5.10 Å². The minimum atomic E-state index is -0.359. The topological polar surface area (TPSA) is 70.4 Å². The van der Waals surface area contributed by atoms with Gasteiger partial charge >= 0.3 is 5.91 Å². The number of hydrogen-bond donors (Lipinski definition) is 2. The average molecular weight is 331 g/mol. The van der Waals surface area contributed by atoms with Crippen molar-refractivity contribution in [3.8, 4) is 0 Å². The molecule has 0 atom stereocenters. The van der Waals surface area contributed by atoms with Crippen molar-refractivity contribution in [3.63, 3.8) is 0 Å². The molecule has 0 aliphatic heterocycles. The summed E-state index contributed by atoms with van der Waals surface area (Å²) in [6.07, 6.45) is 1.66. The Morgan fingerprint density at radius 1 is 1.08 bits per heavy atom. The Hall–Kier alpha value is -3.34. The molecule has 4 aromatic rings. The van der Waals surface area contributed by atoms with Gasteiger partial charge in [0, 0.05) is 33.1 Å². The SMILES string of the molecule is Cc1[nH]c2ccccc2c1/C=N/NC(=O)c1oc2ccccc2c1C. The fourth-order valence-corrected chi connectivity index (χ4v) is 3.06. The number of benzene rings is 2. The Kier molecular flexibility index (Phi) is 3.61. The molecule has 0 aliphatic carbocycles. The van der Waals surface area contributed by atoms with Crippen LogP contribution in [0.2, 0.25) is 0 Å². The predicted octanol–water partition coefficient (Wildman–Crippen LogP) is 4.29. The number of aromatic nitrogens is 1. The first-order chi connectivity index (χ1) is 12.1. The van der Waals surface area contributed by atoms with Crippen LogP contribution < -0.4 is 5.43 Å². The van der Waals surface area contributed by atoms with Gasteiger partial charge in [-0.2, -0.15) is 5.10 Å². The van der Waals surface area contributed by atoms with Crippen molar-refractivity contribution >= 4 is 34.0 Å². The molecule has 0 fully saturated rings. The van der Waals surface area contributed by atoms with Crippen LogP contribution in [0.3, 0.4) is 0 Å². The Labute approximate surface area is 144 Å². The van der Waals surface area contributed by atoms with Crippen LogP contribution in [-0.4, -0.2) is 17.1 Å². The van der Waals surface area contributed by atoms with Gasteiger partial charge in [0.25, 0.3) is 0 Å². The van der Waals surface area contributed by atoms with Gasteiger partial charge in [-0.25, -0.2) is 5.43 Å². The van der Waals surface area contributed by atoms with Gasteiger partial charge in [-0.15, -0.1) is 0 Å². The Morgan fingerprint density at radius 3 is 2.60 bits per heavy atom. The van der Waals surface area contributed by atoms with Crippen molar-refractivity contribution in [2.45, 2.75) is 13.8 Å². The van der Waals surface area contributed by atoms with Crippen LogP contribution in [0.15, 0.2) is 58.0 Å². The number of para-hydroxylation sites is 2. The summed E-state index contributed by atoms with van der Waals surface area (Å²) < 4.78 is 5.65. The van der Waals surface area contributed by atoms with E-state index in [1.165, 1.54) is 0 Å². The van der Waals surface area contributed by atoms with E-state index in [4.69, 9.17) is 4.42 Å². The van der Waals surface area contributed by atoms with Gasteiger partial charge in [-0.3, -0.25) is 4.79 Å². The normalized spacial score (nSPS) is 11.6. The number of nitrogens with zero attached hydrogens (tertiary/aromatic N) is 1. The first kappa shape index (κ1) is 15.2. The number of aryl methyl sites for hydroxylation is 2. The number of rotatable bonds is 3. The first-order valence-corrected chi connectivity index (χ1v) is 8.04. The third kappa shape index (κ3) is 2.59. The highest BCUT2D eigenvalue weighted by molar-refractivity contribution is 6.02. The summed E-state index contributed by atoms with van der Waals surface area (Å²) in [4.78, 5) is 15.7. The molecule has 5 nitrogen and oxygen atoms in total. The summed E-state index contributed by atoms with van der Waals surface area (Å²) in [5.74, 6) is -0.0727. The monoisotopic (exact) mass is 331 g/mol. The molecule has 0 aliphatic rings. The molecule has 2 heterocycles. The molecule has 0 saturated carbocycles. The van der Waals surface area contributed by atoms with Gasteiger partial charge < -0.3 is 9.40 Å². The maximum atomic E-state index is 12.4. The van der Waals surface area contributed by atoms with E-state index < -0.39 is 0 Å². The third-order valence-corrected chi connectivity index (χ3v) is 4.35. The van der Waals surface area contributed by atoms with E-state index in [0.717, 1.165) is 33.1 Å². The van der Waals surface area contributed by atoms with E-state index in [1.54, 1.807) is 6.21 Å². The summed E-state index contributed by atoms with van der Waals surface area (Å²) in [5.41, 5.74) is 7.06. The Balaban J connectivity index is 1.59. The zero-order valence-corrected chi connectivity index (χ0v) is 14.0. The van der Waals surface area contributed by atoms with Crippen LogP contribution in [0.4, 0.5) is 0 Å². The number of hydrogen-bond acceptors (Lipinski definition) is 3. The molecule has 2 aromatic carbocycles. The number of H-pyrrole nitrogens is 1. The molecule has 1 amide bonds. The van der Waals surface area contributed by atoms with Crippen molar-refractivity contribution in [3.05, 3.63) is 71.1 Å². The zero-order chi connectivity index (χ0) is 17.4.